The molecule has 1 fully saturated rings. The minimum atomic E-state index is 0.347. The number of aryl methyl sites for hydroxylation is 1. The summed E-state index contributed by atoms with van der Waals surface area (Å²) in [5, 5.41) is 0. The number of nitrogens with zero attached hydrogens (tertiary/aromatic N) is 2. The van der Waals surface area contributed by atoms with Crippen LogP contribution in [-0.4, -0.2) is 47.9 Å². The largest absolute Gasteiger partial charge is 0.340 e. The van der Waals surface area contributed by atoms with Crippen molar-refractivity contribution in [2.75, 3.05) is 26.2 Å². The molecule has 0 bridgehead atoms. The highest BCUT2D eigenvalue weighted by Gasteiger charge is 2.28. The molecule has 0 spiro atoms. The number of fused-ring (bicyclic) bond motifs is 1. The molecule has 3 rings (SSSR count). The molecule has 1 amide bonds. The quantitative estimate of drug-likeness (QED) is 0.853. The molecule has 1 aromatic rings. The van der Waals surface area contributed by atoms with Crippen LogP contribution in [0.3, 0.4) is 0 Å². The van der Waals surface area contributed by atoms with Crippen LogP contribution in [0, 0.1) is 0 Å². The van der Waals surface area contributed by atoms with E-state index < -0.39 is 0 Å². The van der Waals surface area contributed by atoms with Crippen molar-refractivity contribution in [3.05, 3.63) is 35.4 Å². The summed E-state index contributed by atoms with van der Waals surface area (Å²) < 4.78 is 0. The van der Waals surface area contributed by atoms with Crippen molar-refractivity contribution in [1.82, 2.24) is 9.80 Å². The van der Waals surface area contributed by atoms with E-state index in [1.165, 1.54) is 11.1 Å². The van der Waals surface area contributed by atoms with Crippen LogP contribution >= 0.6 is 0 Å². The maximum absolute atomic E-state index is 12.5. The van der Waals surface area contributed by atoms with Crippen molar-refractivity contribution in [2.45, 2.75) is 45.1 Å². The molecule has 1 aliphatic carbocycles. The van der Waals surface area contributed by atoms with Crippen LogP contribution in [-0.2, 0) is 11.2 Å². The Morgan fingerprint density at radius 2 is 1.90 bits per heavy atom. The summed E-state index contributed by atoms with van der Waals surface area (Å²) in [5.74, 6) is 0.789. The van der Waals surface area contributed by atoms with Crippen molar-refractivity contribution in [2.24, 2.45) is 0 Å². The average Bonchev–Trinajstić information content (AvgIpc) is 2.91. The van der Waals surface area contributed by atoms with Gasteiger partial charge in [0.1, 0.15) is 0 Å². The fourth-order valence-electron chi connectivity index (χ4n) is 3.68. The number of carbonyl (C=O) groups is 1. The van der Waals surface area contributed by atoms with Gasteiger partial charge in [0.25, 0.3) is 0 Å². The Bertz CT molecular complexity index is 504. The fourth-order valence-corrected chi connectivity index (χ4v) is 3.68. The van der Waals surface area contributed by atoms with E-state index in [1.807, 2.05) is 0 Å². The highest BCUT2D eigenvalue weighted by atomic mass is 16.2. The molecule has 0 saturated carbocycles. The van der Waals surface area contributed by atoms with Crippen molar-refractivity contribution >= 4 is 5.91 Å². The number of benzene rings is 1. The Morgan fingerprint density at radius 1 is 1.19 bits per heavy atom. The zero-order valence-electron chi connectivity index (χ0n) is 13.2. The lowest BCUT2D eigenvalue weighted by Crippen LogP contribution is -2.50. The molecule has 1 atom stereocenters. The van der Waals surface area contributed by atoms with Crippen molar-refractivity contribution in [3.63, 3.8) is 0 Å². The second-order valence-corrected chi connectivity index (χ2v) is 6.65. The van der Waals surface area contributed by atoms with E-state index in [0.29, 0.717) is 24.3 Å². The van der Waals surface area contributed by atoms with Gasteiger partial charge in [-0.1, -0.05) is 24.3 Å². The first-order valence-corrected chi connectivity index (χ1v) is 8.25. The summed E-state index contributed by atoms with van der Waals surface area (Å²) in [5.41, 5.74) is 2.85. The molecule has 0 radical (unpaired) electrons. The van der Waals surface area contributed by atoms with Gasteiger partial charge in [0.05, 0.1) is 0 Å². The van der Waals surface area contributed by atoms with Gasteiger partial charge in [-0.05, 0) is 43.7 Å². The summed E-state index contributed by atoms with van der Waals surface area (Å²) in [6.07, 6.45) is 2.96. The van der Waals surface area contributed by atoms with Crippen LogP contribution in [0.4, 0.5) is 0 Å². The van der Waals surface area contributed by atoms with Gasteiger partial charge in [0.2, 0.25) is 5.91 Å². The maximum Gasteiger partial charge on any atom is 0.223 e. The Balaban J connectivity index is 1.56. The molecule has 21 heavy (non-hydrogen) atoms. The van der Waals surface area contributed by atoms with Crippen molar-refractivity contribution < 1.29 is 4.79 Å². The molecule has 1 aromatic carbocycles. The molecular formula is C18H26N2O. The van der Waals surface area contributed by atoms with Gasteiger partial charge in [-0.2, -0.15) is 0 Å². The van der Waals surface area contributed by atoms with Crippen LogP contribution < -0.4 is 0 Å². The monoisotopic (exact) mass is 286 g/mol. The van der Waals surface area contributed by atoms with E-state index >= 15 is 0 Å². The first-order chi connectivity index (χ1) is 10.1. The molecular weight excluding hydrogens is 260 g/mol. The standard InChI is InChI=1S/C18H26N2O/c1-14(2)19-9-11-20(12-10-19)18(21)13-16-8-7-15-5-3-4-6-17(15)16/h3-6,14,16H,7-13H2,1-2H3/t16-/m1/s1. The Hall–Kier alpha value is -1.35. The molecule has 1 heterocycles. The molecule has 0 aromatic heterocycles. The van der Waals surface area contributed by atoms with E-state index in [-0.39, 0.29) is 0 Å². The van der Waals surface area contributed by atoms with E-state index in [4.69, 9.17) is 0 Å². The molecule has 1 saturated heterocycles. The molecule has 1 aliphatic heterocycles. The predicted molar refractivity (Wildman–Crippen MR) is 85.4 cm³/mol. The lowest BCUT2D eigenvalue weighted by atomic mass is 9.97. The van der Waals surface area contributed by atoms with Gasteiger partial charge in [0, 0.05) is 38.6 Å². The van der Waals surface area contributed by atoms with E-state index in [1.54, 1.807) is 0 Å². The van der Waals surface area contributed by atoms with Crippen LogP contribution in [0.2, 0.25) is 0 Å². The van der Waals surface area contributed by atoms with Crippen molar-refractivity contribution in [1.29, 1.82) is 0 Å². The minimum absolute atomic E-state index is 0.347. The van der Waals surface area contributed by atoms with Gasteiger partial charge >= 0.3 is 0 Å². The summed E-state index contributed by atoms with van der Waals surface area (Å²) in [7, 11) is 0. The van der Waals surface area contributed by atoms with Crippen molar-refractivity contribution in [3.8, 4) is 0 Å². The molecule has 3 nitrogen and oxygen atoms in total. The number of rotatable bonds is 3. The average molecular weight is 286 g/mol. The Labute approximate surface area is 127 Å². The van der Waals surface area contributed by atoms with Crippen LogP contribution in [0.15, 0.2) is 24.3 Å². The number of hydrogen-bond donors (Lipinski definition) is 0. The number of piperazine rings is 1. The number of carbonyl (C=O) groups excluding carboxylic acids is 1. The summed E-state index contributed by atoms with van der Waals surface area (Å²) in [4.78, 5) is 17.1. The van der Waals surface area contributed by atoms with Gasteiger partial charge in [-0.25, -0.2) is 0 Å². The third-order valence-electron chi connectivity index (χ3n) is 5.08. The summed E-state index contributed by atoms with van der Waals surface area (Å²) >= 11 is 0. The molecule has 0 N–H and O–H groups in total. The first kappa shape index (κ1) is 14.6. The lowest BCUT2D eigenvalue weighted by molar-refractivity contribution is -0.133. The number of amides is 1. The summed E-state index contributed by atoms with van der Waals surface area (Å²) in [6, 6.07) is 9.21. The third-order valence-corrected chi connectivity index (χ3v) is 5.08. The smallest absolute Gasteiger partial charge is 0.223 e. The maximum atomic E-state index is 12.5. The second kappa shape index (κ2) is 6.18. The lowest BCUT2D eigenvalue weighted by Gasteiger charge is -2.37. The fraction of sp³-hybridized carbons (Fsp3) is 0.611. The molecule has 114 valence electrons. The third kappa shape index (κ3) is 3.13. The molecule has 2 aliphatic rings. The second-order valence-electron chi connectivity index (χ2n) is 6.65. The first-order valence-electron chi connectivity index (χ1n) is 8.25. The van der Waals surface area contributed by atoms with Crippen LogP contribution in [0.1, 0.15) is 43.7 Å². The van der Waals surface area contributed by atoms with E-state index in [2.05, 4.69) is 47.9 Å². The van der Waals surface area contributed by atoms with E-state index in [0.717, 1.165) is 39.0 Å². The zero-order chi connectivity index (χ0) is 14.8. The van der Waals surface area contributed by atoms with Gasteiger partial charge in [-0.15, -0.1) is 0 Å². The Kier molecular flexibility index (Phi) is 4.29. The van der Waals surface area contributed by atoms with Crippen LogP contribution in [0.25, 0.3) is 0 Å². The Morgan fingerprint density at radius 3 is 2.62 bits per heavy atom. The minimum Gasteiger partial charge on any atom is -0.340 e. The zero-order valence-corrected chi connectivity index (χ0v) is 13.2. The molecule has 0 unspecified atom stereocenters. The highest BCUT2D eigenvalue weighted by molar-refractivity contribution is 5.77. The number of hydrogen-bond acceptors (Lipinski definition) is 2. The summed E-state index contributed by atoms with van der Waals surface area (Å²) in [6.45, 7) is 8.28. The SMILES string of the molecule is CC(C)N1CCN(C(=O)C[C@H]2CCc3ccccc32)CC1. The topological polar surface area (TPSA) is 23.6 Å². The molecule has 3 heteroatoms. The van der Waals surface area contributed by atoms with Gasteiger partial charge < -0.3 is 4.90 Å². The normalized spacial score (nSPS) is 22.6. The van der Waals surface area contributed by atoms with Gasteiger partial charge in [0.15, 0.2) is 0 Å². The van der Waals surface area contributed by atoms with Gasteiger partial charge in [-0.3, -0.25) is 9.69 Å². The van der Waals surface area contributed by atoms with Crippen LogP contribution in [0.5, 0.6) is 0 Å². The highest BCUT2D eigenvalue weighted by Crippen LogP contribution is 2.35. The predicted octanol–water partition coefficient (Wildman–Crippen LogP) is 2.66. The van der Waals surface area contributed by atoms with E-state index in [9.17, 15) is 4.79 Å².